The normalized spacial score (nSPS) is 13.0. The van der Waals surface area contributed by atoms with Crippen LogP contribution in [0.4, 0.5) is 0 Å². The minimum absolute atomic E-state index is 0.0753. The fourth-order valence-corrected chi connectivity index (χ4v) is 2.62. The lowest BCUT2D eigenvalue weighted by molar-refractivity contribution is -0.128. The lowest BCUT2D eigenvalue weighted by atomic mass is 10.0. The van der Waals surface area contributed by atoms with Crippen LogP contribution in [0.25, 0.3) is 0 Å². The van der Waals surface area contributed by atoms with Gasteiger partial charge < -0.3 is 14.8 Å². The van der Waals surface area contributed by atoms with E-state index in [1.165, 1.54) is 5.56 Å². The summed E-state index contributed by atoms with van der Waals surface area (Å²) in [4.78, 5) is 12.6. The van der Waals surface area contributed by atoms with E-state index >= 15 is 0 Å². The molecule has 4 heteroatoms. The Labute approximate surface area is 150 Å². The average Bonchev–Trinajstić information content (AvgIpc) is 2.66. The molecule has 25 heavy (non-hydrogen) atoms. The van der Waals surface area contributed by atoms with E-state index in [0.717, 1.165) is 12.0 Å². The van der Waals surface area contributed by atoms with Gasteiger partial charge in [0.25, 0.3) is 5.91 Å². The maximum Gasteiger partial charge on any atom is 0.261 e. The van der Waals surface area contributed by atoms with Crippen LogP contribution in [-0.2, 0) is 11.2 Å². The summed E-state index contributed by atoms with van der Waals surface area (Å²) in [5.74, 6) is 1.07. The molecule has 0 aliphatic heterocycles. The Kier molecular flexibility index (Phi) is 6.87. The topological polar surface area (TPSA) is 47.6 Å². The zero-order valence-corrected chi connectivity index (χ0v) is 15.4. The number of nitrogens with one attached hydrogen (secondary N) is 1. The first-order valence-electron chi connectivity index (χ1n) is 8.77. The summed E-state index contributed by atoms with van der Waals surface area (Å²) in [7, 11) is 1.59. The molecule has 1 N–H and O–H groups in total. The van der Waals surface area contributed by atoms with Gasteiger partial charge in [-0.3, -0.25) is 4.79 Å². The van der Waals surface area contributed by atoms with E-state index in [1.54, 1.807) is 7.11 Å². The molecule has 0 fully saturated rings. The second kappa shape index (κ2) is 9.11. The molecule has 0 heterocycles. The van der Waals surface area contributed by atoms with E-state index in [9.17, 15) is 4.79 Å². The Morgan fingerprint density at radius 1 is 1.04 bits per heavy atom. The van der Waals surface area contributed by atoms with E-state index in [0.29, 0.717) is 17.9 Å². The molecule has 0 aromatic heterocycles. The van der Waals surface area contributed by atoms with Crippen LogP contribution in [0.1, 0.15) is 44.4 Å². The second-order valence-electron chi connectivity index (χ2n) is 5.99. The number of methoxy groups -OCH3 is 1. The summed E-state index contributed by atoms with van der Waals surface area (Å²) in [6, 6.07) is 15.6. The monoisotopic (exact) mass is 341 g/mol. The van der Waals surface area contributed by atoms with Crippen LogP contribution < -0.4 is 14.8 Å². The first-order valence-corrected chi connectivity index (χ1v) is 8.77. The molecular weight excluding hydrogens is 314 g/mol. The van der Waals surface area contributed by atoms with Gasteiger partial charge in [0.1, 0.15) is 0 Å². The number of rotatable bonds is 8. The van der Waals surface area contributed by atoms with E-state index in [2.05, 4.69) is 36.5 Å². The van der Waals surface area contributed by atoms with Gasteiger partial charge in [0.05, 0.1) is 13.2 Å². The lowest BCUT2D eigenvalue weighted by Crippen LogP contribution is -2.39. The van der Waals surface area contributed by atoms with Crippen molar-refractivity contribution >= 4 is 5.91 Å². The SMILES string of the molecule is CCc1ccc([C@@H](C)NC(=O)[C@@H](CC)Oc2ccccc2OC)cc1. The molecule has 0 saturated carbocycles. The molecule has 1 amide bonds. The van der Waals surface area contributed by atoms with Crippen molar-refractivity contribution < 1.29 is 14.3 Å². The Bertz CT molecular complexity index is 682. The van der Waals surface area contributed by atoms with Crippen LogP contribution in [0.3, 0.4) is 0 Å². The predicted octanol–water partition coefficient (Wildman–Crippen LogP) is 4.29. The van der Waals surface area contributed by atoms with Gasteiger partial charge in [0.15, 0.2) is 17.6 Å². The molecule has 0 saturated heterocycles. The van der Waals surface area contributed by atoms with Gasteiger partial charge in [-0.2, -0.15) is 0 Å². The molecule has 0 spiro atoms. The third kappa shape index (κ3) is 4.99. The maximum atomic E-state index is 12.6. The number of aryl methyl sites for hydroxylation is 1. The van der Waals surface area contributed by atoms with Gasteiger partial charge in [-0.1, -0.05) is 50.2 Å². The van der Waals surface area contributed by atoms with Crippen molar-refractivity contribution in [3.63, 3.8) is 0 Å². The Morgan fingerprint density at radius 2 is 1.68 bits per heavy atom. The number of benzene rings is 2. The summed E-state index contributed by atoms with van der Waals surface area (Å²) < 4.78 is 11.2. The molecule has 4 nitrogen and oxygen atoms in total. The zero-order chi connectivity index (χ0) is 18.2. The first kappa shape index (κ1) is 18.8. The Morgan fingerprint density at radius 3 is 2.24 bits per heavy atom. The van der Waals surface area contributed by atoms with E-state index in [1.807, 2.05) is 38.1 Å². The molecular formula is C21H27NO3. The molecule has 0 unspecified atom stereocenters. The fraction of sp³-hybridized carbons (Fsp3) is 0.381. The van der Waals surface area contributed by atoms with Gasteiger partial charge >= 0.3 is 0 Å². The van der Waals surface area contributed by atoms with Crippen molar-refractivity contribution in [1.29, 1.82) is 0 Å². The number of ether oxygens (including phenoxy) is 2. The minimum Gasteiger partial charge on any atom is -0.493 e. The highest BCUT2D eigenvalue weighted by molar-refractivity contribution is 5.81. The summed E-state index contributed by atoms with van der Waals surface area (Å²) in [5.41, 5.74) is 2.37. The standard InChI is InChI=1S/C21H27NO3/c1-5-16-11-13-17(14-12-16)15(3)22-21(23)18(6-2)25-20-10-8-7-9-19(20)24-4/h7-15,18H,5-6H2,1-4H3,(H,22,23)/t15-,18-/m1/s1. The van der Waals surface area contributed by atoms with Gasteiger partial charge in [0, 0.05) is 0 Å². The molecule has 0 aliphatic rings. The van der Waals surface area contributed by atoms with Crippen LogP contribution >= 0.6 is 0 Å². The minimum atomic E-state index is -0.561. The number of amides is 1. The smallest absolute Gasteiger partial charge is 0.261 e. The number of carbonyl (C=O) groups excluding carboxylic acids is 1. The highest BCUT2D eigenvalue weighted by Gasteiger charge is 2.21. The summed E-state index contributed by atoms with van der Waals surface area (Å²) in [6.45, 7) is 6.04. The van der Waals surface area contributed by atoms with Crippen LogP contribution in [0.5, 0.6) is 11.5 Å². The molecule has 0 bridgehead atoms. The highest BCUT2D eigenvalue weighted by atomic mass is 16.5. The second-order valence-corrected chi connectivity index (χ2v) is 5.99. The average molecular weight is 341 g/mol. The Balaban J connectivity index is 2.03. The molecule has 2 aromatic carbocycles. The van der Waals surface area contributed by atoms with Crippen molar-refractivity contribution in [1.82, 2.24) is 5.32 Å². The molecule has 134 valence electrons. The van der Waals surface area contributed by atoms with Gasteiger partial charge in [-0.25, -0.2) is 0 Å². The van der Waals surface area contributed by atoms with Crippen molar-refractivity contribution in [2.45, 2.75) is 45.8 Å². The summed E-state index contributed by atoms with van der Waals surface area (Å²) in [6.07, 6.45) is 1.02. The molecule has 2 atom stereocenters. The maximum absolute atomic E-state index is 12.6. The quantitative estimate of drug-likeness (QED) is 0.779. The fourth-order valence-electron chi connectivity index (χ4n) is 2.62. The Hall–Kier alpha value is -2.49. The van der Waals surface area contributed by atoms with Crippen molar-refractivity contribution in [2.75, 3.05) is 7.11 Å². The lowest BCUT2D eigenvalue weighted by Gasteiger charge is -2.21. The van der Waals surface area contributed by atoms with E-state index in [-0.39, 0.29) is 11.9 Å². The molecule has 0 aliphatic carbocycles. The highest BCUT2D eigenvalue weighted by Crippen LogP contribution is 2.27. The number of para-hydroxylation sites is 2. The van der Waals surface area contributed by atoms with Crippen molar-refractivity contribution in [3.8, 4) is 11.5 Å². The van der Waals surface area contributed by atoms with Crippen LogP contribution in [0.2, 0.25) is 0 Å². The number of hydrogen-bond donors (Lipinski definition) is 1. The third-order valence-corrected chi connectivity index (χ3v) is 4.25. The zero-order valence-electron chi connectivity index (χ0n) is 15.4. The summed E-state index contributed by atoms with van der Waals surface area (Å²) in [5, 5.41) is 3.04. The van der Waals surface area contributed by atoms with Crippen molar-refractivity contribution in [2.24, 2.45) is 0 Å². The van der Waals surface area contributed by atoms with E-state index < -0.39 is 6.10 Å². The van der Waals surface area contributed by atoms with E-state index in [4.69, 9.17) is 9.47 Å². The predicted molar refractivity (Wildman–Crippen MR) is 100 cm³/mol. The van der Waals surface area contributed by atoms with Crippen molar-refractivity contribution in [3.05, 3.63) is 59.7 Å². The van der Waals surface area contributed by atoms with Crippen LogP contribution in [-0.4, -0.2) is 19.1 Å². The molecule has 2 rings (SSSR count). The third-order valence-electron chi connectivity index (χ3n) is 4.25. The summed E-state index contributed by atoms with van der Waals surface area (Å²) >= 11 is 0. The number of carbonyl (C=O) groups is 1. The van der Waals surface area contributed by atoms with Gasteiger partial charge in [-0.15, -0.1) is 0 Å². The largest absolute Gasteiger partial charge is 0.493 e. The van der Waals surface area contributed by atoms with Crippen LogP contribution in [0, 0.1) is 0 Å². The number of hydrogen-bond acceptors (Lipinski definition) is 3. The van der Waals surface area contributed by atoms with Crippen LogP contribution in [0.15, 0.2) is 48.5 Å². The first-order chi connectivity index (χ1) is 12.1. The van der Waals surface area contributed by atoms with Gasteiger partial charge in [-0.05, 0) is 43.0 Å². The van der Waals surface area contributed by atoms with Gasteiger partial charge in [0.2, 0.25) is 0 Å². The molecule has 0 radical (unpaired) electrons. The molecule has 2 aromatic rings.